The van der Waals surface area contributed by atoms with Gasteiger partial charge in [-0.05, 0) is 23.3 Å². The van der Waals surface area contributed by atoms with E-state index in [2.05, 4.69) is 0 Å². The number of β-lactam (4-membered cyclic amide) rings is 1. The predicted molar refractivity (Wildman–Crippen MR) is 109 cm³/mol. The molecule has 1 aliphatic rings. The summed E-state index contributed by atoms with van der Waals surface area (Å²) >= 11 is 0. The minimum Gasteiger partial charge on any atom is -0.333 e. The predicted octanol–water partition coefficient (Wildman–Crippen LogP) is 3.87. The molecule has 1 saturated heterocycles. The topological polar surface area (TPSA) is 40.6 Å². The Balaban J connectivity index is 1.88. The van der Waals surface area contributed by atoms with E-state index in [0.29, 0.717) is 5.56 Å². The molecule has 0 N–H and O–H groups in total. The maximum Gasteiger partial charge on any atom is 0.256 e. The molecule has 4 nitrogen and oxygen atoms in total. The summed E-state index contributed by atoms with van der Waals surface area (Å²) in [7, 11) is 3.52. The van der Waals surface area contributed by atoms with Crippen LogP contribution < -0.4 is 0 Å². The zero-order chi connectivity index (χ0) is 19.7. The number of nitrogens with zero attached hydrogens (tertiary/aromatic N) is 2. The number of carbonyl (C=O) groups is 2. The summed E-state index contributed by atoms with van der Waals surface area (Å²) in [6.45, 7) is 0. The molecule has 140 valence electrons. The quantitative estimate of drug-likeness (QED) is 0.654. The molecule has 0 aliphatic carbocycles. The van der Waals surface area contributed by atoms with Gasteiger partial charge >= 0.3 is 0 Å². The molecule has 1 heterocycles. The molecular formula is C24H22N2O2. The van der Waals surface area contributed by atoms with Crippen LogP contribution in [0.3, 0.4) is 0 Å². The molecule has 0 spiro atoms. The van der Waals surface area contributed by atoms with Crippen LogP contribution in [-0.2, 0) is 10.3 Å². The molecule has 3 aromatic rings. The number of hydrogen-bond donors (Lipinski definition) is 0. The summed E-state index contributed by atoms with van der Waals surface area (Å²) in [5, 5.41) is 0. The molecule has 0 unspecified atom stereocenters. The highest BCUT2D eigenvalue weighted by atomic mass is 16.2. The lowest BCUT2D eigenvalue weighted by molar-refractivity contribution is -0.172. The van der Waals surface area contributed by atoms with E-state index in [1.165, 1.54) is 0 Å². The second-order valence-electron chi connectivity index (χ2n) is 7.09. The molecule has 2 amide bonds. The highest BCUT2D eigenvalue weighted by Gasteiger charge is 2.64. The third-order valence-electron chi connectivity index (χ3n) is 5.61. The van der Waals surface area contributed by atoms with E-state index in [1.54, 1.807) is 36.0 Å². The van der Waals surface area contributed by atoms with E-state index in [9.17, 15) is 9.59 Å². The fraction of sp³-hybridized carbons (Fsp3) is 0.167. The smallest absolute Gasteiger partial charge is 0.256 e. The lowest BCUT2D eigenvalue weighted by Crippen LogP contribution is -2.72. The largest absolute Gasteiger partial charge is 0.333 e. The van der Waals surface area contributed by atoms with Gasteiger partial charge in [0.2, 0.25) is 0 Å². The van der Waals surface area contributed by atoms with E-state index in [4.69, 9.17) is 0 Å². The van der Waals surface area contributed by atoms with Crippen molar-refractivity contribution >= 4 is 11.8 Å². The lowest BCUT2D eigenvalue weighted by atomic mass is 9.69. The number of rotatable bonds is 4. The highest BCUT2D eigenvalue weighted by molar-refractivity contribution is 6.03. The van der Waals surface area contributed by atoms with Crippen LogP contribution in [0.1, 0.15) is 27.5 Å². The third-order valence-corrected chi connectivity index (χ3v) is 5.61. The molecule has 3 aromatic carbocycles. The average molecular weight is 370 g/mol. The van der Waals surface area contributed by atoms with Crippen LogP contribution in [0.25, 0.3) is 0 Å². The van der Waals surface area contributed by atoms with Crippen LogP contribution in [0.5, 0.6) is 0 Å². The zero-order valence-electron chi connectivity index (χ0n) is 15.9. The summed E-state index contributed by atoms with van der Waals surface area (Å²) in [5.41, 5.74) is 1.30. The van der Waals surface area contributed by atoms with Crippen molar-refractivity contribution in [3.63, 3.8) is 0 Å². The van der Waals surface area contributed by atoms with Gasteiger partial charge in [0, 0.05) is 19.7 Å². The van der Waals surface area contributed by atoms with Crippen molar-refractivity contribution in [1.29, 1.82) is 0 Å². The van der Waals surface area contributed by atoms with E-state index < -0.39 is 5.54 Å². The van der Waals surface area contributed by atoms with Crippen LogP contribution in [0.4, 0.5) is 0 Å². The second kappa shape index (κ2) is 6.97. The summed E-state index contributed by atoms with van der Waals surface area (Å²) in [6, 6.07) is 28.3. The van der Waals surface area contributed by atoms with Crippen LogP contribution >= 0.6 is 0 Å². The van der Waals surface area contributed by atoms with Gasteiger partial charge in [-0.3, -0.25) is 9.59 Å². The molecule has 1 aliphatic heterocycles. The Morgan fingerprint density at radius 1 is 0.857 bits per heavy atom. The van der Waals surface area contributed by atoms with E-state index in [0.717, 1.165) is 11.1 Å². The van der Waals surface area contributed by atoms with Gasteiger partial charge in [0.15, 0.2) is 5.54 Å². The van der Waals surface area contributed by atoms with Gasteiger partial charge in [-0.15, -0.1) is 0 Å². The summed E-state index contributed by atoms with van der Waals surface area (Å²) in [6.07, 6.45) is 0. The first kappa shape index (κ1) is 18.0. The second-order valence-corrected chi connectivity index (χ2v) is 7.09. The van der Waals surface area contributed by atoms with Gasteiger partial charge in [-0.1, -0.05) is 78.9 Å². The van der Waals surface area contributed by atoms with E-state index >= 15 is 0 Å². The number of amides is 2. The van der Waals surface area contributed by atoms with Gasteiger partial charge < -0.3 is 9.80 Å². The monoisotopic (exact) mass is 370 g/mol. The van der Waals surface area contributed by atoms with Crippen molar-refractivity contribution in [2.24, 2.45) is 0 Å². The Kier molecular flexibility index (Phi) is 4.47. The summed E-state index contributed by atoms with van der Waals surface area (Å²) in [4.78, 5) is 30.0. The minimum absolute atomic E-state index is 0.0839. The molecule has 4 heteroatoms. The number of carbonyl (C=O) groups excluding carboxylic acids is 2. The van der Waals surface area contributed by atoms with Gasteiger partial charge in [0.1, 0.15) is 0 Å². The first-order chi connectivity index (χ1) is 13.6. The number of likely N-dealkylation sites (N-methyl/N-ethyl adjacent to an activating group) is 2. The summed E-state index contributed by atoms with van der Waals surface area (Å²) in [5.74, 6) is -0.258. The first-order valence-electron chi connectivity index (χ1n) is 9.29. The first-order valence-corrected chi connectivity index (χ1v) is 9.29. The lowest BCUT2D eigenvalue weighted by Gasteiger charge is -2.58. The van der Waals surface area contributed by atoms with Crippen LogP contribution in [0.2, 0.25) is 0 Å². The summed E-state index contributed by atoms with van der Waals surface area (Å²) < 4.78 is 0. The number of benzene rings is 3. The van der Waals surface area contributed by atoms with Gasteiger partial charge in [0.25, 0.3) is 11.8 Å². The maximum atomic E-state index is 13.4. The molecule has 0 aromatic heterocycles. The molecular weight excluding hydrogens is 348 g/mol. The van der Waals surface area contributed by atoms with Crippen LogP contribution in [0, 0.1) is 0 Å². The molecule has 1 fully saturated rings. The van der Waals surface area contributed by atoms with Crippen LogP contribution in [0.15, 0.2) is 91.0 Å². The van der Waals surface area contributed by atoms with Crippen molar-refractivity contribution in [3.8, 4) is 0 Å². The van der Waals surface area contributed by atoms with Gasteiger partial charge in [-0.25, -0.2) is 0 Å². The maximum absolute atomic E-state index is 13.4. The van der Waals surface area contributed by atoms with Gasteiger partial charge in [0.05, 0.1) is 6.04 Å². The Hall–Kier alpha value is -3.40. The van der Waals surface area contributed by atoms with Crippen molar-refractivity contribution in [2.75, 3.05) is 14.1 Å². The number of hydrogen-bond acceptors (Lipinski definition) is 2. The minimum atomic E-state index is -1.08. The molecule has 0 saturated carbocycles. The fourth-order valence-electron chi connectivity index (χ4n) is 4.25. The number of likely N-dealkylation sites (tertiary alicyclic amines) is 1. The molecule has 0 bridgehead atoms. The Bertz CT molecular complexity index is 989. The molecule has 4 rings (SSSR count). The SMILES string of the molecule is CN1C(=O)[C@](c2ccccc2)(N(C)C(=O)c2ccccc2)[C@H]1c1ccccc1. The zero-order valence-corrected chi connectivity index (χ0v) is 15.9. The standard InChI is InChI=1S/C24H22N2O2/c1-25-21(18-12-6-3-7-13-18)24(23(25)28,20-16-10-5-11-17-20)26(2)22(27)19-14-8-4-9-15-19/h3-17,21H,1-2H3/t21-,24-/m1/s1. The van der Waals surface area contributed by atoms with Gasteiger partial charge in [-0.2, -0.15) is 0 Å². The Morgan fingerprint density at radius 3 is 1.93 bits per heavy atom. The van der Waals surface area contributed by atoms with Crippen molar-refractivity contribution in [1.82, 2.24) is 9.80 Å². The van der Waals surface area contributed by atoms with Crippen LogP contribution in [-0.4, -0.2) is 35.7 Å². The Morgan fingerprint density at radius 2 is 1.36 bits per heavy atom. The van der Waals surface area contributed by atoms with Crippen molar-refractivity contribution < 1.29 is 9.59 Å². The van der Waals surface area contributed by atoms with Crippen molar-refractivity contribution in [2.45, 2.75) is 11.6 Å². The normalized spacial score (nSPS) is 21.1. The van der Waals surface area contributed by atoms with Crippen molar-refractivity contribution in [3.05, 3.63) is 108 Å². The molecule has 2 atom stereocenters. The highest BCUT2D eigenvalue weighted by Crippen LogP contribution is 2.52. The van der Waals surface area contributed by atoms with E-state index in [-0.39, 0.29) is 17.9 Å². The average Bonchev–Trinajstić information content (AvgIpc) is 2.77. The molecule has 28 heavy (non-hydrogen) atoms. The molecule has 0 radical (unpaired) electrons. The fourth-order valence-corrected chi connectivity index (χ4v) is 4.25. The van der Waals surface area contributed by atoms with E-state index in [1.807, 2.05) is 78.9 Å². The third kappa shape index (κ3) is 2.53. The Labute approximate surface area is 165 Å².